The number of nitrogens with one attached hydrogen (secondary N) is 1. The van der Waals surface area contributed by atoms with E-state index in [1.165, 1.54) is 10.5 Å². The molecule has 68 valence electrons. The van der Waals surface area contributed by atoms with Gasteiger partial charge in [-0.3, -0.25) is 4.99 Å². The van der Waals surface area contributed by atoms with Gasteiger partial charge in [0, 0.05) is 18.5 Å². The molecule has 3 heteroatoms. The van der Waals surface area contributed by atoms with Gasteiger partial charge in [0.15, 0.2) is 0 Å². The molecule has 0 saturated heterocycles. The van der Waals surface area contributed by atoms with Crippen LogP contribution >= 0.6 is 11.8 Å². The summed E-state index contributed by atoms with van der Waals surface area (Å²) in [6, 6.07) is 8.49. The Bertz CT molecular complexity index is 304. The zero-order valence-corrected chi connectivity index (χ0v) is 8.40. The van der Waals surface area contributed by atoms with Crippen LogP contribution in [0.4, 0.5) is 0 Å². The summed E-state index contributed by atoms with van der Waals surface area (Å²) in [5.74, 6) is 2.04. The highest BCUT2D eigenvalue weighted by molar-refractivity contribution is 8.00. The van der Waals surface area contributed by atoms with Gasteiger partial charge in [0.1, 0.15) is 5.84 Å². The maximum absolute atomic E-state index is 4.18. The third-order valence-electron chi connectivity index (χ3n) is 2.09. The fourth-order valence-corrected chi connectivity index (χ4v) is 2.35. The Kier molecular flexibility index (Phi) is 2.54. The van der Waals surface area contributed by atoms with Crippen LogP contribution in [0.15, 0.2) is 34.2 Å². The van der Waals surface area contributed by atoms with Crippen molar-refractivity contribution in [2.45, 2.75) is 11.4 Å². The van der Waals surface area contributed by atoms with Crippen LogP contribution in [-0.4, -0.2) is 18.6 Å². The maximum atomic E-state index is 4.18. The average molecular weight is 192 g/mol. The second-order valence-corrected chi connectivity index (χ2v) is 3.94. The molecule has 1 heterocycles. The van der Waals surface area contributed by atoms with E-state index in [4.69, 9.17) is 0 Å². The topological polar surface area (TPSA) is 24.4 Å². The van der Waals surface area contributed by atoms with E-state index >= 15 is 0 Å². The molecule has 0 radical (unpaired) electrons. The quantitative estimate of drug-likeness (QED) is 0.679. The van der Waals surface area contributed by atoms with Gasteiger partial charge >= 0.3 is 0 Å². The van der Waals surface area contributed by atoms with Crippen molar-refractivity contribution in [2.75, 3.05) is 12.8 Å². The number of fused-ring (bicyclic) bond motifs is 1. The minimum absolute atomic E-state index is 0.899. The number of hydrogen-bond donors (Lipinski definition) is 1. The Labute approximate surface area is 82.5 Å². The maximum Gasteiger partial charge on any atom is 0.107 e. The third kappa shape index (κ3) is 1.86. The lowest BCUT2D eigenvalue weighted by molar-refractivity contribution is 0.894. The van der Waals surface area contributed by atoms with Crippen molar-refractivity contribution in [2.24, 2.45) is 4.99 Å². The SMILES string of the molecule is CN=C1CSc2ccccc2CN1. The summed E-state index contributed by atoms with van der Waals surface area (Å²) < 4.78 is 0. The minimum Gasteiger partial charge on any atom is -0.369 e. The van der Waals surface area contributed by atoms with Gasteiger partial charge in [0.05, 0.1) is 5.75 Å². The molecule has 0 atom stereocenters. The highest BCUT2D eigenvalue weighted by Crippen LogP contribution is 2.24. The Hall–Kier alpha value is -0.960. The van der Waals surface area contributed by atoms with E-state index in [1.807, 2.05) is 18.8 Å². The minimum atomic E-state index is 0.899. The van der Waals surface area contributed by atoms with Gasteiger partial charge in [-0.25, -0.2) is 0 Å². The largest absolute Gasteiger partial charge is 0.369 e. The summed E-state index contributed by atoms with van der Waals surface area (Å²) >= 11 is 1.85. The summed E-state index contributed by atoms with van der Waals surface area (Å²) in [5, 5.41) is 3.32. The van der Waals surface area contributed by atoms with E-state index < -0.39 is 0 Å². The molecule has 13 heavy (non-hydrogen) atoms. The number of nitrogens with zero attached hydrogens (tertiary/aromatic N) is 1. The van der Waals surface area contributed by atoms with E-state index in [0.29, 0.717) is 0 Å². The van der Waals surface area contributed by atoms with Crippen LogP contribution < -0.4 is 5.32 Å². The molecule has 1 aromatic carbocycles. The van der Waals surface area contributed by atoms with Gasteiger partial charge in [-0.1, -0.05) is 18.2 Å². The molecule has 0 aliphatic carbocycles. The molecule has 1 aliphatic rings. The van der Waals surface area contributed by atoms with Gasteiger partial charge in [-0.2, -0.15) is 0 Å². The van der Waals surface area contributed by atoms with Crippen LogP contribution in [-0.2, 0) is 6.54 Å². The highest BCUT2D eigenvalue weighted by atomic mass is 32.2. The van der Waals surface area contributed by atoms with E-state index in [1.54, 1.807) is 0 Å². The summed E-state index contributed by atoms with van der Waals surface area (Å²) in [5.41, 5.74) is 1.37. The number of rotatable bonds is 0. The smallest absolute Gasteiger partial charge is 0.107 e. The Morgan fingerprint density at radius 2 is 2.23 bits per heavy atom. The standard InChI is InChI=1S/C10H12N2S/c1-11-10-7-13-9-5-3-2-4-8(9)6-12-10/h2-5H,6-7H2,1H3,(H,11,12). The van der Waals surface area contributed by atoms with E-state index in [9.17, 15) is 0 Å². The zero-order chi connectivity index (χ0) is 9.10. The van der Waals surface area contributed by atoms with Crippen LogP contribution in [0.2, 0.25) is 0 Å². The fourth-order valence-electron chi connectivity index (χ4n) is 1.33. The molecule has 2 nitrogen and oxygen atoms in total. The summed E-state index contributed by atoms with van der Waals surface area (Å²) in [6.45, 7) is 0.899. The fraction of sp³-hybridized carbons (Fsp3) is 0.300. The Balaban J connectivity index is 2.26. The van der Waals surface area contributed by atoms with Crippen LogP contribution in [0.5, 0.6) is 0 Å². The van der Waals surface area contributed by atoms with Crippen molar-refractivity contribution in [3.05, 3.63) is 29.8 Å². The molecule has 1 aromatic rings. The highest BCUT2D eigenvalue weighted by Gasteiger charge is 2.09. The van der Waals surface area contributed by atoms with Crippen molar-refractivity contribution in [1.82, 2.24) is 5.32 Å². The van der Waals surface area contributed by atoms with Gasteiger partial charge in [0.25, 0.3) is 0 Å². The molecule has 0 saturated carbocycles. The van der Waals surface area contributed by atoms with Crippen LogP contribution in [0.25, 0.3) is 0 Å². The van der Waals surface area contributed by atoms with Gasteiger partial charge < -0.3 is 5.32 Å². The molecular weight excluding hydrogens is 180 g/mol. The zero-order valence-electron chi connectivity index (χ0n) is 7.58. The molecule has 2 rings (SSSR count). The number of aliphatic imine (C=N–C) groups is 1. The second-order valence-electron chi connectivity index (χ2n) is 2.92. The normalized spacial score (nSPS) is 19.0. The third-order valence-corrected chi connectivity index (χ3v) is 3.22. The number of benzene rings is 1. The van der Waals surface area contributed by atoms with Crippen molar-refractivity contribution in [3.8, 4) is 0 Å². The molecule has 0 unspecified atom stereocenters. The molecule has 0 amide bonds. The first-order valence-electron chi connectivity index (χ1n) is 4.30. The molecule has 1 aliphatic heterocycles. The number of amidine groups is 1. The Morgan fingerprint density at radius 1 is 1.38 bits per heavy atom. The number of hydrogen-bond acceptors (Lipinski definition) is 2. The first-order valence-corrected chi connectivity index (χ1v) is 5.29. The van der Waals surface area contributed by atoms with Crippen LogP contribution in [0.1, 0.15) is 5.56 Å². The van der Waals surface area contributed by atoms with E-state index in [0.717, 1.165) is 18.1 Å². The van der Waals surface area contributed by atoms with Crippen molar-refractivity contribution in [3.63, 3.8) is 0 Å². The monoisotopic (exact) mass is 192 g/mol. The van der Waals surface area contributed by atoms with Crippen LogP contribution in [0.3, 0.4) is 0 Å². The predicted octanol–water partition coefficient (Wildman–Crippen LogP) is 1.91. The molecular formula is C10H12N2S. The molecule has 0 aromatic heterocycles. The summed E-state index contributed by atoms with van der Waals surface area (Å²) in [7, 11) is 1.83. The summed E-state index contributed by atoms with van der Waals surface area (Å²) in [4.78, 5) is 5.54. The van der Waals surface area contributed by atoms with Crippen molar-refractivity contribution < 1.29 is 0 Å². The molecule has 0 fully saturated rings. The second kappa shape index (κ2) is 3.83. The van der Waals surface area contributed by atoms with Crippen molar-refractivity contribution in [1.29, 1.82) is 0 Å². The van der Waals surface area contributed by atoms with E-state index in [2.05, 4.69) is 34.6 Å². The van der Waals surface area contributed by atoms with Crippen LogP contribution in [0, 0.1) is 0 Å². The average Bonchev–Trinajstić information content (AvgIpc) is 2.39. The molecule has 1 N–H and O–H groups in total. The molecule has 0 spiro atoms. The van der Waals surface area contributed by atoms with Crippen molar-refractivity contribution >= 4 is 17.6 Å². The predicted molar refractivity (Wildman–Crippen MR) is 57.4 cm³/mol. The first-order chi connectivity index (χ1) is 6.40. The van der Waals surface area contributed by atoms with Gasteiger partial charge in [0.2, 0.25) is 0 Å². The lowest BCUT2D eigenvalue weighted by atomic mass is 10.2. The Morgan fingerprint density at radius 3 is 3.08 bits per heavy atom. The van der Waals surface area contributed by atoms with E-state index in [-0.39, 0.29) is 0 Å². The van der Waals surface area contributed by atoms with Gasteiger partial charge in [-0.05, 0) is 11.6 Å². The van der Waals surface area contributed by atoms with Gasteiger partial charge in [-0.15, -0.1) is 11.8 Å². The number of thioether (sulfide) groups is 1. The molecule has 0 bridgehead atoms. The lowest BCUT2D eigenvalue weighted by Crippen LogP contribution is -2.22. The first kappa shape index (κ1) is 8.63. The lowest BCUT2D eigenvalue weighted by Gasteiger charge is -2.02. The summed E-state index contributed by atoms with van der Waals surface area (Å²) in [6.07, 6.45) is 0.